The molecule has 1 aromatic heterocycles. The maximum Gasteiger partial charge on any atom is 0.249 e. The molecule has 2 aromatic rings. The molecule has 0 aliphatic carbocycles. The van der Waals surface area contributed by atoms with Gasteiger partial charge < -0.3 is 5.32 Å². The van der Waals surface area contributed by atoms with Gasteiger partial charge in [0.25, 0.3) is 0 Å². The van der Waals surface area contributed by atoms with Crippen LogP contribution in [0.5, 0.6) is 0 Å². The van der Waals surface area contributed by atoms with Gasteiger partial charge in [-0.1, -0.05) is 39.5 Å². The van der Waals surface area contributed by atoms with Crippen molar-refractivity contribution >= 4 is 16.8 Å². The van der Waals surface area contributed by atoms with Gasteiger partial charge in [0.1, 0.15) is 6.04 Å². The summed E-state index contributed by atoms with van der Waals surface area (Å²) >= 11 is 0. The van der Waals surface area contributed by atoms with Crippen molar-refractivity contribution in [2.75, 3.05) is 0 Å². The van der Waals surface area contributed by atoms with E-state index in [-0.39, 0.29) is 11.3 Å². The molecule has 0 bridgehead atoms. The molecule has 1 aliphatic rings. The molecule has 0 spiro atoms. The molecule has 22 heavy (non-hydrogen) atoms. The van der Waals surface area contributed by atoms with E-state index >= 15 is 0 Å². The zero-order valence-electron chi connectivity index (χ0n) is 13.1. The molecule has 1 aliphatic heterocycles. The Morgan fingerprint density at radius 2 is 2.14 bits per heavy atom. The maximum atomic E-state index is 14.5. The molecule has 1 fully saturated rings. The summed E-state index contributed by atoms with van der Waals surface area (Å²) in [6.45, 7) is 9.88. The Morgan fingerprint density at radius 3 is 2.77 bits per heavy atom. The molecule has 1 aromatic carbocycles. The highest BCUT2D eigenvalue weighted by molar-refractivity contribution is 5.88. The number of rotatable bonds is 1. The van der Waals surface area contributed by atoms with Crippen LogP contribution in [0, 0.1) is 5.95 Å². The summed E-state index contributed by atoms with van der Waals surface area (Å²) in [6, 6.07) is 5.13. The number of aromatic nitrogens is 2. The number of nitrogens with one attached hydrogen (secondary N) is 1. The summed E-state index contributed by atoms with van der Waals surface area (Å²) in [5.74, 6) is -0.695. The molecule has 1 N–H and O–H groups in total. The second-order valence-electron chi connectivity index (χ2n) is 6.83. The Hall–Kier alpha value is -2.17. The van der Waals surface area contributed by atoms with E-state index in [9.17, 15) is 9.18 Å². The molecule has 1 amide bonds. The van der Waals surface area contributed by atoms with Gasteiger partial charge in [-0.05, 0) is 29.9 Å². The molecule has 0 radical (unpaired) electrons. The van der Waals surface area contributed by atoms with Gasteiger partial charge in [0.05, 0.1) is 10.9 Å². The highest BCUT2D eigenvalue weighted by Gasteiger charge is 2.30. The van der Waals surface area contributed by atoms with Gasteiger partial charge in [0, 0.05) is 5.70 Å². The van der Waals surface area contributed by atoms with Crippen molar-refractivity contribution in [1.29, 1.82) is 0 Å². The maximum absolute atomic E-state index is 14.5. The zero-order chi connectivity index (χ0) is 16.1. The van der Waals surface area contributed by atoms with Crippen LogP contribution in [0.3, 0.4) is 0 Å². The number of fused-ring (bicyclic) bond motifs is 1. The van der Waals surface area contributed by atoms with Crippen LogP contribution in [0.15, 0.2) is 30.5 Å². The second-order valence-corrected chi connectivity index (χ2v) is 6.83. The number of piperidine rings is 1. The van der Waals surface area contributed by atoms with Crippen LogP contribution in [0.4, 0.5) is 4.39 Å². The summed E-state index contributed by atoms with van der Waals surface area (Å²) in [4.78, 5) is 12.2. The van der Waals surface area contributed by atoms with Gasteiger partial charge in [-0.2, -0.15) is 4.39 Å². The van der Waals surface area contributed by atoms with Crippen molar-refractivity contribution < 1.29 is 9.18 Å². The van der Waals surface area contributed by atoms with Gasteiger partial charge in [0.15, 0.2) is 0 Å². The van der Waals surface area contributed by atoms with Gasteiger partial charge in [-0.25, -0.2) is 4.68 Å². The van der Waals surface area contributed by atoms with E-state index in [1.54, 1.807) is 0 Å². The Bertz CT molecular complexity index is 770. The smallest absolute Gasteiger partial charge is 0.249 e. The van der Waals surface area contributed by atoms with Crippen molar-refractivity contribution in [2.24, 2.45) is 0 Å². The van der Waals surface area contributed by atoms with Crippen LogP contribution < -0.4 is 5.32 Å². The average molecular weight is 301 g/mol. The molecular weight excluding hydrogens is 281 g/mol. The first-order chi connectivity index (χ1) is 10.3. The number of carbonyl (C=O) groups excluding carboxylic acids is 1. The lowest BCUT2D eigenvalue weighted by atomic mass is 9.85. The summed E-state index contributed by atoms with van der Waals surface area (Å²) in [5, 5.41) is 7.26. The topological polar surface area (TPSA) is 46.9 Å². The number of carbonyl (C=O) groups is 1. The Labute approximate surface area is 129 Å². The molecule has 1 saturated heterocycles. The van der Waals surface area contributed by atoms with E-state index in [1.165, 1.54) is 4.68 Å². The fraction of sp³-hybridized carbons (Fsp3) is 0.412. The number of allylic oxidation sites excluding steroid dienone is 1. The lowest BCUT2D eigenvalue weighted by Gasteiger charge is -2.24. The zero-order valence-corrected chi connectivity index (χ0v) is 13.1. The lowest BCUT2D eigenvalue weighted by Crippen LogP contribution is -2.36. The van der Waals surface area contributed by atoms with Crippen LogP contribution in [0.2, 0.25) is 0 Å². The van der Waals surface area contributed by atoms with Crippen molar-refractivity contribution in [1.82, 2.24) is 15.1 Å². The van der Waals surface area contributed by atoms with Crippen LogP contribution in [-0.2, 0) is 10.2 Å². The monoisotopic (exact) mass is 301 g/mol. The number of halogens is 1. The van der Waals surface area contributed by atoms with Gasteiger partial charge >= 0.3 is 0 Å². The van der Waals surface area contributed by atoms with Crippen LogP contribution >= 0.6 is 0 Å². The summed E-state index contributed by atoms with van der Waals surface area (Å²) in [7, 11) is 0. The largest absolute Gasteiger partial charge is 0.329 e. The highest BCUT2D eigenvalue weighted by atomic mass is 19.1. The number of benzene rings is 1. The first-order valence-corrected chi connectivity index (χ1v) is 7.45. The average Bonchev–Trinajstić information content (AvgIpc) is 2.75. The van der Waals surface area contributed by atoms with Crippen molar-refractivity contribution in [2.45, 2.75) is 45.1 Å². The van der Waals surface area contributed by atoms with Crippen LogP contribution in [0.25, 0.3) is 10.9 Å². The van der Waals surface area contributed by atoms with E-state index in [2.05, 4.69) is 17.0 Å². The fourth-order valence-electron chi connectivity index (χ4n) is 3.00. The third kappa shape index (κ3) is 2.30. The first kappa shape index (κ1) is 14.8. The van der Waals surface area contributed by atoms with Crippen molar-refractivity contribution in [3.8, 4) is 0 Å². The van der Waals surface area contributed by atoms with E-state index in [1.807, 2.05) is 39.0 Å². The van der Waals surface area contributed by atoms with E-state index in [0.717, 1.165) is 5.56 Å². The molecule has 4 nitrogen and oxygen atoms in total. The highest BCUT2D eigenvalue weighted by Crippen LogP contribution is 2.34. The van der Waals surface area contributed by atoms with Gasteiger partial charge in [-0.3, -0.25) is 4.79 Å². The molecule has 3 rings (SSSR count). The minimum atomic E-state index is -0.516. The molecular formula is C17H20FN3O. The predicted molar refractivity (Wildman–Crippen MR) is 83.9 cm³/mol. The molecule has 2 heterocycles. The second kappa shape index (κ2) is 4.93. The standard InChI is InChI=1S/C17H20FN3O/c1-10-8-9-13(16(22)19-10)21-12-7-5-6-11(17(2,3)4)14(12)15(18)20-21/h5-7,13H,1,8-9H2,2-4H3,(H,19,22). The summed E-state index contributed by atoms with van der Waals surface area (Å²) in [6.07, 6.45) is 1.26. The summed E-state index contributed by atoms with van der Waals surface area (Å²) < 4.78 is 16.0. The molecule has 1 unspecified atom stereocenters. The molecule has 5 heteroatoms. The van der Waals surface area contributed by atoms with E-state index < -0.39 is 12.0 Å². The van der Waals surface area contributed by atoms with Crippen LogP contribution in [0.1, 0.15) is 45.2 Å². The number of hydrogen-bond acceptors (Lipinski definition) is 2. The van der Waals surface area contributed by atoms with Crippen LogP contribution in [-0.4, -0.2) is 15.7 Å². The lowest BCUT2D eigenvalue weighted by molar-refractivity contribution is -0.125. The Kier molecular flexibility index (Phi) is 3.31. The quantitative estimate of drug-likeness (QED) is 0.877. The van der Waals surface area contributed by atoms with Crippen molar-refractivity contribution in [3.63, 3.8) is 0 Å². The fourth-order valence-corrected chi connectivity index (χ4v) is 3.00. The normalized spacial score (nSPS) is 19.5. The number of amides is 1. The third-order valence-corrected chi connectivity index (χ3v) is 4.12. The molecule has 1 atom stereocenters. The number of nitrogens with zero attached hydrogens (tertiary/aromatic N) is 2. The molecule has 116 valence electrons. The Morgan fingerprint density at radius 1 is 1.41 bits per heavy atom. The summed E-state index contributed by atoms with van der Waals surface area (Å²) in [5.41, 5.74) is 2.07. The SMILES string of the molecule is C=C1CCC(n2nc(F)c3c(C(C)(C)C)cccc32)C(=O)N1. The predicted octanol–water partition coefficient (Wildman–Crippen LogP) is 3.44. The van der Waals surface area contributed by atoms with E-state index in [4.69, 9.17) is 0 Å². The van der Waals surface area contributed by atoms with Crippen molar-refractivity contribution in [3.05, 3.63) is 42.0 Å². The third-order valence-electron chi connectivity index (χ3n) is 4.12. The van der Waals surface area contributed by atoms with Gasteiger partial charge in [-0.15, -0.1) is 5.10 Å². The number of hydrogen-bond donors (Lipinski definition) is 1. The first-order valence-electron chi connectivity index (χ1n) is 7.45. The Balaban J connectivity index is 2.17. The minimum absolute atomic E-state index is 0.179. The molecule has 0 saturated carbocycles. The van der Waals surface area contributed by atoms with Gasteiger partial charge in [0.2, 0.25) is 11.9 Å². The van der Waals surface area contributed by atoms with E-state index in [0.29, 0.717) is 29.4 Å². The minimum Gasteiger partial charge on any atom is -0.329 e.